The molecule has 1 saturated carbocycles. The molecule has 2 atom stereocenters. The number of benzene rings is 1. The quantitative estimate of drug-likeness (QED) is 0.324. The first-order valence-corrected chi connectivity index (χ1v) is 13.4. The normalized spacial score (nSPS) is 19.8. The third kappa shape index (κ3) is 5.38. The van der Waals surface area contributed by atoms with Crippen molar-refractivity contribution in [3.05, 3.63) is 66.5 Å². The Morgan fingerprint density at radius 1 is 1.05 bits per heavy atom. The number of alkyl halides is 2. The number of amides is 1. The molecule has 0 bridgehead atoms. The van der Waals surface area contributed by atoms with Crippen LogP contribution in [0.4, 0.5) is 13.2 Å². The molecule has 1 amide bonds. The number of halogens is 3. The topological polar surface area (TPSA) is 91.2 Å². The monoisotopic (exact) mass is 551 g/mol. The van der Waals surface area contributed by atoms with Gasteiger partial charge in [0.1, 0.15) is 5.75 Å². The van der Waals surface area contributed by atoms with Gasteiger partial charge >= 0.3 is 6.61 Å². The number of ether oxygens (including phenoxy) is 2. The highest BCUT2D eigenvalue weighted by Crippen LogP contribution is 2.37. The van der Waals surface area contributed by atoms with E-state index in [1.54, 1.807) is 29.0 Å². The molecule has 0 spiro atoms. The maximum absolute atomic E-state index is 13.6. The molecule has 8 nitrogen and oxygen atoms in total. The largest absolute Gasteiger partial charge is 0.435 e. The van der Waals surface area contributed by atoms with E-state index >= 15 is 0 Å². The minimum absolute atomic E-state index is 0.00178. The highest BCUT2D eigenvalue weighted by molar-refractivity contribution is 6.00. The fourth-order valence-corrected chi connectivity index (χ4v) is 6.00. The summed E-state index contributed by atoms with van der Waals surface area (Å²) in [5.74, 6) is 0.328. The van der Waals surface area contributed by atoms with Crippen LogP contribution in [0.25, 0.3) is 28.1 Å². The Bertz CT molecular complexity index is 1500. The lowest BCUT2D eigenvalue weighted by Crippen LogP contribution is -2.41. The van der Waals surface area contributed by atoms with Gasteiger partial charge in [-0.25, -0.2) is 14.4 Å². The number of carbonyl (C=O) groups is 1. The average molecular weight is 552 g/mol. The van der Waals surface area contributed by atoms with Crippen LogP contribution >= 0.6 is 0 Å². The van der Waals surface area contributed by atoms with E-state index in [4.69, 9.17) is 4.74 Å². The van der Waals surface area contributed by atoms with Crippen LogP contribution in [0, 0.1) is 17.7 Å². The predicted octanol–water partition coefficient (Wildman–Crippen LogP) is 5.55. The van der Waals surface area contributed by atoms with Crippen molar-refractivity contribution in [1.29, 1.82) is 0 Å². The summed E-state index contributed by atoms with van der Waals surface area (Å²) < 4.78 is 51.0. The summed E-state index contributed by atoms with van der Waals surface area (Å²) in [6.07, 6.45) is 10.4. The van der Waals surface area contributed by atoms with Crippen molar-refractivity contribution in [1.82, 2.24) is 24.8 Å². The van der Waals surface area contributed by atoms with Gasteiger partial charge in [-0.3, -0.25) is 14.3 Å². The van der Waals surface area contributed by atoms with E-state index in [0.29, 0.717) is 39.6 Å². The first-order chi connectivity index (χ1) is 19.5. The van der Waals surface area contributed by atoms with Crippen LogP contribution in [0.2, 0.25) is 0 Å². The van der Waals surface area contributed by atoms with Crippen LogP contribution in [-0.2, 0) is 4.74 Å². The molecule has 4 heterocycles. The van der Waals surface area contributed by atoms with Crippen molar-refractivity contribution in [2.24, 2.45) is 11.8 Å². The lowest BCUT2D eigenvalue weighted by Gasteiger charge is -2.32. The van der Waals surface area contributed by atoms with Crippen molar-refractivity contribution in [2.75, 3.05) is 13.2 Å². The molecule has 208 valence electrons. The van der Waals surface area contributed by atoms with Gasteiger partial charge in [0.25, 0.3) is 5.91 Å². The van der Waals surface area contributed by atoms with Gasteiger partial charge in [0.05, 0.1) is 29.0 Å². The van der Waals surface area contributed by atoms with E-state index in [-0.39, 0.29) is 23.6 Å². The second-order valence-corrected chi connectivity index (χ2v) is 10.2. The molecule has 40 heavy (non-hydrogen) atoms. The van der Waals surface area contributed by atoms with E-state index in [9.17, 15) is 18.0 Å². The first kappa shape index (κ1) is 26.2. The van der Waals surface area contributed by atoms with E-state index < -0.39 is 12.4 Å². The summed E-state index contributed by atoms with van der Waals surface area (Å²) in [6, 6.07) is 8.04. The first-order valence-electron chi connectivity index (χ1n) is 13.4. The Labute approximate surface area is 228 Å². The zero-order chi connectivity index (χ0) is 27.6. The van der Waals surface area contributed by atoms with Gasteiger partial charge in [-0.15, -0.1) is 0 Å². The predicted molar refractivity (Wildman–Crippen MR) is 141 cm³/mol. The fraction of sp³-hybridized carbons (Fsp3) is 0.379. The number of nitrogens with one attached hydrogen (secondary N) is 1. The Hall–Kier alpha value is -3.99. The number of fused-ring (bicyclic) bond motifs is 1. The van der Waals surface area contributed by atoms with Crippen molar-refractivity contribution in [3.8, 4) is 22.8 Å². The SMILES string of the molecule is O=C(N[C@@H]1CCC[C@H]1C1CCOCC1)c1cnc2c(-c3cccc(OC(F)F)c3)cn(-c3ncc(F)cn3)c2c1. The van der Waals surface area contributed by atoms with Crippen molar-refractivity contribution in [3.63, 3.8) is 0 Å². The van der Waals surface area contributed by atoms with Crippen LogP contribution in [0.5, 0.6) is 5.75 Å². The van der Waals surface area contributed by atoms with Gasteiger partial charge < -0.3 is 14.8 Å². The number of hydrogen-bond donors (Lipinski definition) is 1. The molecule has 2 aliphatic rings. The zero-order valence-corrected chi connectivity index (χ0v) is 21.6. The van der Waals surface area contributed by atoms with E-state index in [2.05, 4.69) is 25.0 Å². The van der Waals surface area contributed by atoms with E-state index in [1.807, 2.05) is 0 Å². The maximum Gasteiger partial charge on any atom is 0.387 e. The number of aromatic nitrogens is 4. The molecule has 0 radical (unpaired) electrons. The average Bonchev–Trinajstić information content (AvgIpc) is 3.58. The van der Waals surface area contributed by atoms with Gasteiger partial charge in [0.2, 0.25) is 5.95 Å². The molecule has 11 heteroatoms. The highest BCUT2D eigenvalue weighted by Gasteiger charge is 2.35. The standard InChI is InChI=1S/C29H28F3N5O3/c30-20-14-34-29(35-15-20)37-16-23(18-3-1-4-21(11-18)40-28(31)32)26-25(37)12-19(13-33-26)27(38)36-24-6-2-5-22(24)17-7-9-39-10-8-17/h1,3-4,11-17,22,24,28H,2,5-10H2,(H,36,38)/t22-,24+/m0/s1. The van der Waals surface area contributed by atoms with Crippen molar-refractivity contribution < 1.29 is 27.4 Å². The maximum atomic E-state index is 13.6. The van der Waals surface area contributed by atoms with Gasteiger partial charge in [0, 0.05) is 37.2 Å². The smallest absolute Gasteiger partial charge is 0.387 e. The summed E-state index contributed by atoms with van der Waals surface area (Å²) in [5.41, 5.74) is 2.54. The van der Waals surface area contributed by atoms with Crippen LogP contribution < -0.4 is 10.1 Å². The van der Waals surface area contributed by atoms with Gasteiger partial charge in [-0.1, -0.05) is 18.6 Å². The number of rotatable bonds is 7. The molecule has 3 aromatic heterocycles. The summed E-state index contributed by atoms with van der Waals surface area (Å²) >= 11 is 0. The highest BCUT2D eigenvalue weighted by atomic mass is 19.3. The van der Waals surface area contributed by atoms with Crippen LogP contribution in [0.1, 0.15) is 42.5 Å². The Morgan fingerprint density at radius 3 is 2.62 bits per heavy atom. The number of pyridine rings is 1. The molecule has 1 aliphatic heterocycles. The van der Waals surface area contributed by atoms with E-state index in [0.717, 1.165) is 57.7 Å². The molecule has 2 fully saturated rings. The lowest BCUT2D eigenvalue weighted by atomic mass is 9.82. The molecule has 4 aromatic rings. The fourth-order valence-electron chi connectivity index (χ4n) is 6.00. The zero-order valence-electron chi connectivity index (χ0n) is 21.6. The van der Waals surface area contributed by atoms with Gasteiger partial charge in [-0.05, 0) is 61.3 Å². The molecular weight excluding hydrogens is 523 g/mol. The Kier molecular flexibility index (Phi) is 7.38. The summed E-state index contributed by atoms with van der Waals surface area (Å²) in [4.78, 5) is 26.2. The molecule has 1 aliphatic carbocycles. The minimum Gasteiger partial charge on any atom is -0.435 e. The molecule has 1 N–H and O–H groups in total. The Morgan fingerprint density at radius 2 is 1.85 bits per heavy atom. The van der Waals surface area contributed by atoms with Crippen molar-refractivity contribution >= 4 is 16.9 Å². The summed E-state index contributed by atoms with van der Waals surface area (Å²) in [6.45, 7) is -1.43. The van der Waals surface area contributed by atoms with Gasteiger partial charge in [0.15, 0.2) is 5.82 Å². The van der Waals surface area contributed by atoms with Crippen LogP contribution in [0.15, 0.2) is 55.1 Å². The second-order valence-electron chi connectivity index (χ2n) is 10.2. The Balaban J connectivity index is 1.35. The van der Waals surface area contributed by atoms with Gasteiger partial charge in [-0.2, -0.15) is 8.78 Å². The minimum atomic E-state index is -2.96. The van der Waals surface area contributed by atoms with Crippen molar-refractivity contribution in [2.45, 2.75) is 44.8 Å². The van der Waals surface area contributed by atoms with E-state index in [1.165, 1.54) is 18.3 Å². The molecule has 1 aromatic carbocycles. The van der Waals surface area contributed by atoms with Crippen LogP contribution in [0.3, 0.4) is 0 Å². The third-order valence-electron chi connectivity index (χ3n) is 7.85. The summed E-state index contributed by atoms with van der Waals surface area (Å²) in [5, 5.41) is 3.24. The number of nitrogens with zero attached hydrogens (tertiary/aromatic N) is 4. The molecule has 1 saturated heterocycles. The number of carbonyl (C=O) groups excluding carboxylic acids is 1. The molecular formula is C29H28F3N5O3. The molecule has 6 rings (SSSR count). The lowest BCUT2D eigenvalue weighted by molar-refractivity contribution is -0.0498. The summed E-state index contributed by atoms with van der Waals surface area (Å²) in [7, 11) is 0. The second kappa shape index (κ2) is 11.2. The molecule has 0 unspecified atom stereocenters. The number of hydrogen-bond acceptors (Lipinski definition) is 6. The van der Waals surface area contributed by atoms with Crippen LogP contribution in [-0.4, -0.2) is 51.3 Å². The third-order valence-corrected chi connectivity index (χ3v) is 7.85.